The van der Waals surface area contributed by atoms with Crippen LogP contribution in [0.2, 0.25) is 0 Å². The van der Waals surface area contributed by atoms with E-state index in [2.05, 4.69) is 19.9 Å². The first-order valence-corrected chi connectivity index (χ1v) is 9.51. The lowest BCUT2D eigenvalue weighted by Crippen LogP contribution is -2.34. The van der Waals surface area contributed by atoms with E-state index in [0.29, 0.717) is 24.7 Å². The third-order valence-corrected chi connectivity index (χ3v) is 6.85. The number of hydrogen-bond acceptors (Lipinski definition) is 0. The fourth-order valence-electron chi connectivity index (χ4n) is 5.20. The zero-order chi connectivity index (χ0) is 15.7. The smallest absolute Gasteiger partial charge is 0.132 e. The van der Waals surface area contributed by atoms with E-state index in [-0.39, 0.29) is 0 Å². The van der Waals surface area contributed by atoms with Crippen LogP contribution in [-0.2, 0) is 0 Å². The molecule has 2 fully saturated rings. The second kappa shape index (κ2) is 7.01. The van der Waals surface area contributed by atoms with Crippen LogP contribution in [0.1, 0.15) is 71.6 Å². The van der Waals surface area contributed by atoms with Crippen molar-refractivity contribution in [3.05, 3.63) is 11.6 Å². The van der Waals surface area contributed by atoms with Gasteiger partial charge in [-0.25, -0.2) is 8.78 Å². The molecule has 0 amide bonds. The van der Waals surface area contributed by atoms with Gasteiger partial charge in [-0.2, -0.15) is 0 Å². The largest absolute Gasteiger partial charge is 0.244 e. The molecule has 0 aromatic rings. The summed E-state index contributed by atoms with van der Waals surface area (Å²) in [5.74, 6) is 3.30. The van der Waals surface area contributed by atoms with E-state index in [4.69, 9.17) is 0 Å². The van der Waals surface area contributed by atoms with Crippen LogP contribution >= 0.6 is 0 Å². The average Bonchev–Trinajstić information content (AvgIpc) is 2.52. The molecule has 22 heavy (non-hydrogen) atoms. The molecule has 0 N–H and O–H groups in total. The zero-order valence-electron chi connectivity index (χ0n) is 14.2. The summed E-state index contributed by atoms with van der Waals surface area (Å²) in [6.07, 6.45) is 10.00. The monoisotopic (exact) mass is 310 g/mol. The highest BCUT2D eigenvalue weighted by Crippen LogP contribution is 2.44. The molecule has 3 aliphatic rings. The number of alkyl halides is 2. The van der Waals surface area contributed by atoms with Crippen LogP contribution in [-0.4, -0.2) is 12.3 Å². The van der Waals surface area contributed by atoms with Crippen LogP contribution in [0.3, 0.4) is 0 Å². The minimum atomic E-state index is -1.24. The van der Waals surface area contributed by atoms with Crippen LogP contribution in [0, 0.1) is 29.6 Å². The SMILES string of the molecule is CC1CCC(C2CC=C(C3CC(F)C(F)CC3C)CC2)CC1. The quantitative estimate of drug-likeness (QED) is 0.528. The third kappa shape index (κ3) is 3.57. The topological polar surface area (TPSA) is 0 Å². The first-order chi connectivity index (χ1) is 10.5. The highest BCUT2D eigenvalue weighted by Gasteiger charge is 2.38. The number of halogens is 2. The van der Waals surface area contributed by atoms with Gasteiger partial charge in [0.05, 0.1) is 0 Å². The molecule has 0 heterocycles. The molecule has 0 aromatic heterocycles. The van der Waals surface area contributed by atoms with Gasteiger partial charge in [-0.05, 0) is 74.5 Å². The summed E-state index contributed by atoms with van der Waals surface area (Å²) < 4.78 is 27.3. The van der Waals surface area contributed by atoms with Crippen molar-refractivity contribution in [3.8, 4) is 0 Å². The van der Waals surface area contributed by atoms with Crippen molar-refractivity contribution in [2.75, 3.05) is 0 Å². The Morgan fingerprint density at radius 3 is 2.18 bits per heavy atom. The molecule has 0 spiro atoms. The van der Waals surface area contributed by atoms with Gasteiger partial charge >= 0.3 is 0 Å². The highest BCUT2D eigenvalue weighted by molar-refractivity contribution is 5.14. The van der Waals surface area contributed by atoms with E-state index in [1.807, 2.05) is 0 Å². The van der Waals surface area contributed by atoms with E-state index in [1.165, 1.54) is 44.1 Å². The van der Waals surface area contributed by atoms with Gasteiger partial charge in [0.15, 0.2) is 0 Å². The molecule has 0 aliphatic heterocycles. The minimum absolute atomic E-state index is 0.300. The molecule has 3 aliphatic carbocycles. The summed E-state index contributed by atoms with van der Waals surface area (Å²) in [4.78, 5) is 0. The van der Waals surface area contributed by atoms with E-state index in [9.17, 15) is 8.78 Å². The average molecular weight is 310 g/mol. The van der Waals surface area contributed by atoms with Gasteiger partial charge < -0.3 is 0 Å². The second-order valence-corrected chi connectivity index (χ2v) is 8.42. The van der Waals surface area contributed by atoms with Gasteiger partial charge in [0, 0.05) is 0 Å². The summed E-state index contributed by atoms with van der Waals surface area (Å²) in [5.41, 5.74) is 1.45. The van der Waals surface area contributed by atoms with E-state index in [1.54, 1.807) is 0 Å². The third-order valence-electron chi connectivity index (χ3n) is 6.85. The number of allylic oxidation sites excluding steroid dienone is 2. The van der Waals surface area contributed by atoms with E-state index >= 15 is 0 Å². The van der Waals surface area contributed by atoms with Gasteiger partial charge in [-0.15, -0.1) is 0 Å². The highest BCUT2D eigenvalue weighted by atomic mass is 19.2. The molecule has 0 aromatic carbocycles. The normalized spacial score (nSPS) is 47.1. The Hall–Kier alpha value is -0.400. The fraction of sp³-hybridized carbons (Fsp3) is 0.900. The van der Waals surface area contributed by atoms with Crippen LogP contribution in [0.5, 0.6) is 0 Å². The maximum atomic E-state index is 13.8. The van der Waals surface area contributed by atoms with Crippen molar-refractivity contribution in [2.45, 2.75) is 84.0 Å². The summed E-state index contributed by atoms with van der Waals surface area (Å²) in [6.45, 7) is 4.49. The van der Waals surface area contributed by atoms with Gasteiger partial charge in [0.1, 0.15) is 12.3 Å². The first kappa shape index (κ1) is 16.5. The molecule has 126 valence electrons. The molecule has 0 nitrogen and oxygen atoms in total. The lowest BCUT2D eigenvalue weighted by Gasteiger charge is -2.39. The molecule has 0 bridgehead atoms. The predicted octanol–water partition coefficient (Wildman–Crippen LogP) is 6.26. The molecule has 0 radical (unpaired) electrons. The Kier molecular flexibility index (Phi) is 5.24. The second-order valence-electron chi connectivity index (χ2n) is 8.42. The summed E-state index contributed by atoms with van der Waals surface area (Å²) >= 11 is 0. The number of hydrogen-bond donors (Lipinski definition) is 0. The van der Waals surface area contributed by atoms with Crippen molar-refractivity contribution in [1.82, 2.24) is 0 Å². The van der Waals surface area contributed by atoms with E-state index < -0.39 is 12.3 Å². The summed E-state index contributed by atoms with van der Waals surface area (Å²) in [7, 11) is 0. The first-order valence-electron chi connectivity index (χ1n) is 9.51. The Morgan fingerprint density at radius 1 is 0.864 bits per heavy atom. The van der Waals surface area contributed by atoms with Gasteiger partial charge in [-0.3, -0.25) is 0 Å². The summed E-state index contributed by atoms with van der Waals surface area (Å²) in [6, 6.07) is 0. The fourth-order valence-corrected chi connectivity index (χ4v) is 5.20. The van der Waals surface area contributed by atoms with Gasteiger partial charge in [-0.1, -0.05) is 38.3 Å². The molecule has 2 heteroatoms. The summed E-state index contributed by atoms with van der Waals surface area (Å²) in [5, 5.41) is 0. The standard InChI is InChI=1S/C20H32F2/c1-13-3-5-15(6-4-13)16-7-9-17(10-8-16)18-12-20(22)19(21)11-14(18)2/h9,13-16,18-20H,3-8,10-12H2,1-2H3. The molecular weight excluding hydrogens is 278 g/mol. The zero-order valence-corrected chi connectivity index (χ0v) is 14.2. The van der Waals surface area contributed by atoms with Crippen molar-refractivity contribution >= 4 is 0 Å². The Morgan fingerprint density at radius 2 is 1.55 bits per heavy atom. The van der Waals surface area contributed by atoms with E-state index in [0.717, 1.165) is 24.2 Å². The van der Waals surface area contributed by atoms with Crippen molar-refractivity contribution in [2.24, 2.45) is 29.6 Å². The maximum absolute atomic E-state index is 13.8. The molecule has 2 saturated carbocycles. The molecular formula is C20H32F2. The van der Waals surface area contributed by atoms with Gasteiger partial charge in [0.2, 0.25) is 0 Å². The van der Waals surface area contributed by atoms with Crippen LogP contribution < -0.4 is 0 Å². The Balaban J connectivity index is 1.57. The number of rotatable bonds is 2. The Labute approximate surface area is 134 Å². The maximum Gasteiger partial charge on any atom is 0.132 e. The molecule has 0 saturated heterocycles. The van der Waals surface area contributed by atoms with Crippen molar-refractivity contribution in [1.29, 1.82) is 0 Å². The Bertz CT molecular complexity index is 395. The van der Waals surface area contributed by atoms with Crippen LogP contribution in [0.4, 0.5) is 8.78 Å². The lowest BCUT2D eigenvalue weighted by molar-refractivity contribution is 0.0656. The van der Waals surface area contributed by atoms with Crippen LogP contribution in [0.15, 0.2) is 11.6 Å². The van der Waals surface area contributed by atoms with Crippen LogP contribution in [0.25, 0.3) is 0 Å². The lowest BCUT2D eigenvalue weighted by atomic mass is 9.67. The molecule has 3 rings (SSSR count). The van der Waals surface area contributed by atoms with Crippen molar-refractivity contribution in [3.63, 3.8) is 0 Å². The van der Waals surface area contributed by atoms with Gasteiger partial charge in [0.25, 0.3) is 0 Å². The minimum Gasteiger partial charge on any atom is -0.244 e. The molecule has 5 unspecified atom stereocenters. The van der Waals surface area contributed by atoms with Crippen molar-refractivity contribution < 1.29 is 8.78 Å². The predicted molar refractivity (Wildman–Crippen MR) is 88.2 cm³/mol. The molecule has 5 atom stereocenters.